The van der Waals surface area contributed by atoms with Crippen LogP contribution in [0, 0.1) is 0 Å². The second kappa shape index (κ2) is 7.54. The molecule has 1 aromatic carbocycles. The van der Waals surface area contributed by atoms with Gasteiger partial charge in [0.05, 0.1) is 0 Å². The summed E-state index contributed by atoms with van der Waals surface area (Å²) >= 11 is 3.42. The van der Waals surface area contributed by atoms with Crippen molar-refractivity contribution in [3.63, 3.8) is 0 Å². The first kappa shape index (κ1) is 17.9. The number of carbonyl (C=O) groups is 1. The summed E-state index contributed by atoms with van der Waals surface area (Å²) in [6, 6.07) is 8.69. The molecule has 1 heterocycles. The van der Waals surface area contributed by atoms with Crippen molar-refractivity contribution in [2.45, 2.75) is 63.1 Å². The lowest BCUT2D eigenvalue weighted by Crippen LogP contribution is -2.54. The van der Waals surface area contributed by atoms with Crippen LogP contribution in [0.25, 0.3) is 0 Å². The molecule has 1 aliphatic heterocycles. The van der Waals surface area contributed by atoms with Crippen molar-refractivity contribution >= 4 is 21.8 Å². The molecule has 1 aromatic rings. The van der Waals surface area contributed by atoms with Gasteiger partial charge >= 0.3 is 0 Å². The number of piperidine rings is 1. The van der Waals surface area contributed by atoms with E-state index in [0.29, 0.717) is 0 Å². The Balaban J connectivity index is 1.54. The van der Waals surface area contributed by atoms with Gasteiger partial charge in [-0.3, -0.25) is 4.79 Å². The van der Waals surface area contributed by atoms with Crippen molar-refractivity contribution in [1.82, 2.24) is 10.2 Å². The molecule has 3 N–H and O–H groups in total. The van der Waals surface area contributed by atoms with Gasteiger partial charge in [0.15, 0.2) is 0 Å². The fraction of sp³-hybridized carbons (Fsp3) is 0.632. The molecule has 1 unspecified atom stereocenters. The summed E-state index contributed by atoms with van der Waals surface area (Å²) in [6.07, 6.45) is 7.50. The first-order chi connectivity index (χ1) is 11.5. The van der Waals surface area contributed by atoms with E-state index in [1.165, 1.54) is 25.7 Å². The van der Waals surface area contributed by atoms with Gasteiger partial charge in [-0.25, -0.2) is 0 Å². The second-order valence-corrected chi connectivity index (χ2v) is 8.35. The quantitative estimate of drug-likeness (QED) is 0.825. The van der Waals surface area contributed by atoms with Crippen LogP contribution in [0.3, 0.4) is 0 Å². The zero-order valence-corrected chi connectivity index (χ0v) is 16.0. The molecule has 4 nitrogen and oxygen atoms in total. The summed E-state index contributed by atoms with van der Waals surface area (Å²) in [6.45, 7) is 3.98. The number of nitrogens with zero attached hydrogens (tertiary/aromatic N) is 1. The van der Waals surface area contributed by atoms with Crippen molar-refractivity contribution in [1.29, 1.82) is 0 Å². The van der Waals surface area contributed by atoms with Gasteiger partial charge in [0.1, 0.15) is 5.54 Å². The molecule has 2 fully saturated rings. The summed E-state index contributed by atoms with van der Waals surface area (Å²) in [4.78, 5) is 15.3. The van der Waals surface area contributed by atoms with E-state index >= 15 is 0 Å². The van der Waals surface area contributed by atoms with Crippen molar-refractivity contribution < 1.29 is 4.79 Å². The van der Waals surface area contributed by atoms with Gasteiger partial charge in [-0.2, -0.15) is 0 Å². The van der Waals surface area contributed by atoms with E-state index in [1.807, 2.05) is 24.3 Å². The Hall–Kier alpha value is -0.910. The number of likely N-dealkylation sites (tertiary alicyclic amines) is 1. The number of nitrogens with two attached hydrogens (primary N) is 1. The highest BCUT2D eigenvalue weighted by atomic mass is 79.9. The van der Waals surface area contributed by atoms with Gasteiger partial charge in [0, 0.05) is 29.6 Å². The zero-order valence-electron chi connectivity index (χ0n) is 14.4. The first-order valence-electron chi connectivity index (χ1n) is 9.07. The third-order valence-corrected chi connectivity index (χ3v) is 6.15. The minimum absolute atomic E-state index is 0.0795. The lowest BCUT2D eigenvalue weighted by atomic mass is 9.91. The highest BCUT2D eigenvalue weighted by Crippen LogP contribution is 2.27. The van der Waals surface area contributed by atoms with Crippen LogP contribution in [0.15, 0.2) is 28.7 Å². The maximum atomic E-state index is 12.7. The van der Waals surface area contributed by atoms with Gasteiger partial charge < -0.3 is 16.0 Å². The van der Waals surface area contributed by atoms with Crippen LogP contribution in [-0.4, -0.2) is 36.0 Å². The highest BCUT2D eigenvalue weighted by Gasteiger charge is 2.33. The number of amides is 1. The molecule has 132 valence electrons. The van der Waals surface area contributed by atoms with E-state index in [9.17, 15) is 4.79 Å². The number of rotatable bonds is 4. The molecule has 0 aromatic heterocycles. The van der Waals surface area contributed by atoms with Crippen LogP contribution in [0.2, 0.25) is 0 Å². The average molecular weight is 394 g/mol. The number of hydrogen-bond acceptors (Lipinski definition) is 3. The third-order valence-electron chi connectivity index (χ3n) is 5.62. The van der Waals surface area contributed by atoms with E-state index in [1.54, 1.807) is 6.92 Å². The smallest absolute Gasteiger partial charge is 0.244 e. The fourth-order valence-corrected chi connectivity index (χ4v) is 4.21. The molecule has 0 radical (unpaired) electrons. The standard InChI is InChI=1S/C19H28BrN3O/c1-19(21,14-6-8-15(20)9-7-14)18(24)22-16-10-12-23(13-11-16)17-4-2-3-5-17/h6-9,16-17H,2-5,10-13,21H2,1H3,(H,22,24). The number of hydrogen-bond donors (Lipinski definition) is 2. The minimum atomic E-state index is -0.997. The molecule has 1 atom stereocenters. The van der Waals surface area contributed by atoms with Crippen LogP contribution in [0.5, 0.6) is 0 Å². The van der Waals surface area contributed by atoms with Gasteiger partial charge in [-0.1, -0.05) is 40.9 Å². The SMILES string of the molecule is CC(N)(C(=O)NC1CCN(C2CCCC2)CC1)c1ccc(Br)cc1. The van der Waals surface area contributed by atoms with Crippen molar-refractivity contribution in [2.24, 2.45) is 5.73 Å². The molecule has 0 bridgehead atoms. The molecule has 3 rings (SSSR count). The van der Waals surface area contributed by atoms with Crippen molar-refractivity contribution in [3.05, 3.63) is 34.3 Å². The van der Waals surface area contributed by atoms with E-state index < -0.39 is 5.54 Å². The van der Waals surface area contributed by atoms with E-state index in [2.05, 4.69) is 26.1 Å². The molecule has 2 aliphatic rings. The van der Waals surface area contributed by atoms with Gasteiger partial charge in [0.2, 0.25) is 5.91 Å². The Kier molecular flexibility index (Phi) is 5.63. The second-order valence-electron chi connectivity index (χ2n) is 7.43. The van der Waals surface area contributed by atoms with Gasteiger partial charge in [-0.05, 0) is 50.3 Å². The molecule has 1 amide bonds. The molecule has 1 saturated heterocycles. The Morgan fingerprint density at radius 3 is 2.33 bits per heavy atom. The lowest BCUT2D eigenvalue weighted by molar-refractivity contribution is -0.127. The molecule has 5 heteroatoms. The van der Waals surface area contributed by atoms with Gasteiger partial charge in [0.25, 0.3) is 0 Å². The summed E-state index contributed by atoms with van der Waals surface area (Å²) in [5.74, 6) is -0.0795. The molecule has 1 saturated carbocycles. The molecular weight excluding hydrogens is 366 g/mol. The van der Waals surface area contributed by atoms with Crippen LogP contribution in [0.1, 0.15) is 51.0 Å². The molecule has 1 aliphatic carbocycles. The zero-order chi connectivity index (χ0) is 17.2. The number of carbonyl (C=O) groups excluding carboxylic acids is 1. The summed E-state index contributed by atoms with van der Waals surface area (Å²) in [5, 5.41) is 3.18. The normalized spacial score (nSPS) is 23.1. The largest absolute Gasteiger partial charge is 0.351 e. The van der Waals surface area contributed by atoms with Crippen LogP contribution in [0.4, 0.5) is 0 Å². The average Bonchev–Trinajstić information content (AvgIpc) is 3.10. The van der Waals surface area contributed by atoms with Crippen LogP contribution < -0.4 is 11.1 Å². The topological polar surface area (TPSA) is 58.4 Å². The highest BCUT2D eigenvalue weighted by molar-refractivity contribution is 9.10. The van der Waals surface area contributed by atoms with Crippen LogP contribution in [-0.2, 0) is 10.3 Å². The third kappa shape index (κ3) is 4.01. The molecule has 24 heavy (non-hydrogen) atoms. The van der Waals surface area contributed by atoms with E-state index in [0.717, 1.165) is 42.0 Å². The Morgan fingerprint density at radius 2 is 1.75 bits per heavy atom. The first-order valence-corrected chi connectivity index (χ1v) is 9.86. The van der Waals surface area contributed by atoms with Crippen molar-refractivity contribution in [2.75, 3.05) is 13.1 Å². The predicted octanol–water partition coefficient (Wildman–Crippen LogP) is 3.15. The van der Waals surface area contributed by atoms with Crippen molar-refractivity contribution in [3.8, 4) is 0 Å². The summed E-state index contributed by atoms with van der Waals surface area (Å²) in [5.41, 5.74) is 6.18. The fourth-order valence-electron chi connectivity index (χ4n) is 3.94. The maximum absolute atomic E-state index is 12.7. The number of nitrogens with one attached hydrogen (secondary N) is 1. The minimum Gasteiger partial charge on any atom is -0.351 e. The van der Waals surface area contributed by atoms with Crippen LogP contribution >= 0.6 is 15.9 Å². The van der Waals surface area contributed by atoms with E-state index in [-0.39, 0.29) is 11.9 Å². The Bertz CT molecular complexity index is 558. The molecule has 0 spiro atoms. The summed E-state index contributed by atoms with van der Waals surface area (Å²) in [7, 11) is 0. The number of benzene rings is 1. The summed E-state index contributed by atoms with van der Waals surface area (Å²) < 4.78 is 0.988. The monoisotopic (exact) mass is 393 g/mol. The number of halogens is 1. The molecular formula is C19H28BrN3O. The Morgan fingerprint density at radius 1 is 1.17 bits per heavy atom. The van der Waals surface area contributed by atoms with E-state index in [4.69, 9.17) is 5.73 Å². The maximum Gasteiger partial charge on any atom is 0.244 e. The lowest BCUT2D eigenvalue weighted by Gasteiger charge is -2.37. The Labute approximate surface area is 153 Å². The van der Waals surface area contributed by atoms with Gasteiger partial charge in [-0.15, -0.1) is 0 Å². The predicted molar refractivity (Wildman–Crippen MR) is 101 cm³/mol.